The molecule has 0 spiro atoms. The molecule has 0 atom stereocenters. The summed E-state index contributed by atoms with van der Waals surface area (Å²) in [6, 6.07) is 18.5. The molecular weight excluding hydrogens is 366 g/mol. The number of hydrogen-bond acceptors (Lipinski definition) is 5. The van der Waals surface area contributed by atoms with E-state index >= 15 is 0 Å². The molecule has 3 aromatic rings. The number of carbonyl (C=O) groups excluding carboxylic acids is 1. The van der Waals surface area contributed by atoms with Gasteiger partial charge in [-0.2, -0.15) is 8.42 Å². The lowest BCUT2D eigenvalue weighted by molar-refractivity contribution is -0.856. The third kappa shape index (κ3) is 4.92. The summed E-state index contributed by atoms with van der Waals surface area (Å²) in [7, 11) is -3.96. The van der Waals surface area contributed by atoms with Crippen molar-refractivity contribution < 1.29 is 27.0 Å². The van der Waals surface area contributed by atoms with Crippen LogP contribution >= 0.6 is 0 Å². The third-order valence-electron chi connectivity index (χ3n) is 3.74. The highest BCUT2D eigenvalue weighted by atomic mass is 32.2. The first-order chi connectivity index (χ1) is 12.9. The van der Waals surface area contributed by atoms with E-state index in [1.807, 2.05) is 37.3 Å². The molecule has 0 saturated carbocycles. The minimum atomic E-state index is -3.96. The molecule has 7 heteroatoms. The molecule has 1 aromatic heterocycles. The molecule has 0 N–H and O–H groups in total. The maximum atomic E-state index is 12.3. The smallest absolute Gasteiger partial charge is 0.396 e. The van der Waals surface area contributed by atoms with E-state index in [-0.39, 0.29) is 11.5 Å². The predicted molar refractivity (Wildman–Crippen MR) is 97.1 cm³/mol. The summed E-state index contributed by atoms with van der Waals surface area (Å²) in [4.78, 5) is 12.1. The van der Waals surface area contributed by atoms with Gasteiger partial charge in [-0.15, -0.1) is 4.28 Å². The van der Waals surface area contributed by atoms with Gasteiger partial charge in [-0.1, -0.05) is 48.0 Å². The fraction of sp³-hybridized carbons (Fsp3) is 0.100. The van der Waals surface area contributed by atoms with Crippen LogP contribution in [-0.2, 0) is 21.5 Å². The summed E-state index contributed by atoms with van der Waals surface area (Å²) < 4.78 is 35.8. The zero-order valence-corrected chi connectivity index (χ0v) is 15.4. The number of nitrogens with zero attached hydrogens (tertiary/aromatic N) is 1. The second-order valence-electron chi connectivity index (χ2n) is 5.85. The van der Waals surface area contributed by atoms with E-state index in [4.69, 9.17) is 9.02 Å². The van der Waals surface area contributed by atoms with Gasteiger partial charge in [0.15, 0.2) is 0 Å². The average molecular weight is 384 g/mol. The quantitative estimate of drug-likeness (QED) is 0.482. The Bertz CT molecular complexity index is 1010. The van der Waals surface area contributed by atoms with Crippen LogP contribution in [-0.4, -0.2) is 14.4 Å². The van der Waals surface area contributed by atoms with E-state index in [2.05, 4.69) is 0 Å². The highest BCUT2D eigenvalue weighted by Crippen LogP contribution is 2.10. The molecule has 138 valence electrons. The highest BCUT2D eigenvalue weighted by molar-refractivity contribution is 7.86. The topological polar surface area (TPSA) is 73.6 Å². The van der Waals surface area contributed by atoms with Crippen molar-refractivity contribution in [3.05, 3.63) is 95.8 Å². The molecule has 0 aliphatic rings. The van der Waals surface area contributed by atoms with Gasteiger partial charge in [0.2, 0.25) is 12.4 Å². The molecule has 0 unspecified atom stereocenters. The van der Waals surface area contributed by atoms with Gasteiger partial charge in [0.1, 0.15) is 11.5 Å². The number of hydrogen-bond donors (Lipinski definition) is 0. The monoisotopic (exact) mass is 384 g/mol. The van der Waals surface area contributed by atoms with E-state index < -0.39 is 16.1 Å². The Balaban J connectivity index is 1.64. The number of esters is 1. The minimum absolute atomic E-state index is 0.0481. The van der Waals surface area contributed by atoms with E-state index in [0.717, 1.165) is 15.9 Å². The summed E-state index contributed by atoms with van der Waals surface area (Å²) in [6.45, 7) is 2.02. The number of aryl methyl sites for hydroxylation is 1. The highest BCUT2D eigenvalue weighted by Gasteiger charge is 2.22. The second-order valence-corrected chi connectivity index (χ2v) is 7.38. The largest absolute Gasteiger partial charge is 0.457 e. The number of ether oxygens (including phenoxy) is 1. The molecule has 0 aliphatic carbocycles. The van der Waals surface area contributed by atoms with Crippen molar-refractivity contribution in [2.45, 2.75) is 18.4 Å². The number of rotatable bonds is 6. The van der Waals surface area contributed by atoms with Crippen LogP contribution in [0.15, 0.2) is 84.0 Å². The summed E-state index contributed by atoms with van der Waals surface area (Å²) in [6.07, 6.45) is 2.68. The zero-order valence-electron chi connectivity index (χ0n) is 14.6. The van der Waals surface area contributed by atoms with Gasteiger partial charge in [-0.25, -0.2) is 4.79 Å². The summed E-state index contributed by atoms with van der Waals surface area (Å²) >= 11 is 0. The Morgan fingerprint density at radius 3 is 2.19 bits per heavy atom. The van der Waals surface area contributed by atoms with Crippen molar-refractivity contribution in [1.82, 2.24) is 0 Å². The lowest BCUT2D eigenvalue weighted by Crippen LogP contribution is -2.45. The van der Waals surface area contributed by atoms with Gasteiger partial charge in [-0.05, 0) is 24.6 Å². The van der Waals surface area contributed by atoms with E-state index in [9.17, 15) is 13.2 Å². The van der Waals surface area contributed by atoms with Crippen molar-refractivity contribution in [1.29, 1.82) is 0 Å². The van der Waals surface area contributed by atoms with Crippen LogP contribution in [0.4, 0.5) is 0 Å². The van der Waals surface area contributed by atoms with Gasteiger partial charge >= 0.3 is 16.1 Å². The minimum Gasteiger partial charge on any atom is -0.457 e. The second kappa shape index (κ2) is 8.01. The van der Waals surface area contributed by atoms with Crippen LogP contribution in [0.5, 0.6) is 0 Å². The fourth-order valence-corrected chi connectivity index (χ4v) is 3.15. The molecule has 0 fully saturated rings. The summed E-state index contributed by atoms with van der Waals surface area (Å²) in [5.74, 6) is -0.507. The maximum Gasteiger partial charge on any atom is 0.396 e. The van der Waals surface area contributed by atoms with Gasteiger partial charge in [-0.3, -0.25) is 0 Å². The average Bonchev–Trinajstić information content (AvgIpc) is 2.67. The molecule has 3 rings (SSSR count). The van der Waals surface area contributed by atoms with Gasteiger partial charge in [0.25, 0.3) is 0 Å². The number of pyridine rings is 1. The van der Waals surface area contributed by atoms with Crippen molar-refractivity contribution in [2.75, 3.05) is 0 Å². The van der Waals surface area contributed by atoms with Gasteiger partial charge < -0.3 is 4.74 Å². The number of aromatic nitrogens is 1. The van der Waals surface area contributed by atoms with Crippen LogP contribution < -0.4 is 9.01 Å². The van der Waals surface area contributed by atoms with Crippen molar-refractivity contribution >= 4 is 16.1 Å². The Labute approximate surface area is 157 Å². The van der Waals surface area contributed by atoms with Crippen LogP contribution in [0.2, 0.25) is 0 Å². The van der Waals surface area contributed by atoms with Crippen molar-refractivity contribution in [2.24, 2.45) is 0 Å². The lowest BCUT2D eigenvalue weighted by atomic mass is 10.2. The van der Waals surface area contributed by atoms with Gasteiger partial charge in [0.05, 0.1) is 5.56 Å². The molecular formula is C20H18NO5S+. The van der Waals surface area contributed by atoms with Crippen molar-refractivity contribution in [3.63, 3.8) is 0 Å². The molecule has 0 saturated heterocycles. The Morgan fingerprint density at radius 2 is 1.56 bits per heavy atom. The Hall–Kier alpha value is -3.19. The predicted octanol–water partition coefficient (Wildman–Crippen LogP) is 2.46. The first-order valence-electron chi connectivity index (χ1n) is 8.18. The van der Waals surface area contributed by atoms with E-state index in [1.54, 1.807) is 12.1 Å². The van der Waals surface area contributed by atoms with Crippen LogP contribution in [0.3, 0.4) is 0 Å². The molecule has 2 aromatic carbocycles. The number of carbonyl (C=O) groups is 1. The Morgan fingerprint density at radius 1 is 0.926 bits per heavy atom. The first kappa shape index (κ1) is 18.6. The standard InChI is InChI=1S/C20H18NO5S/c1-16-7-9-19(10-8-16)27(23,24)26-21-13-11-18(12-14-21)20(22)25-15-17-5-3-2-4-6-17/h2-14H,15H2,1H3/q+1. The van der Waals surface area contributed by atoms with Gasteiger partial charge in [0, 0.05) is 16.9 Å². The first-order valence-corrected chi connectivity index (χ1v) is 9.59. The number of benzene rings is 2. The van der Waals surface area contributed by atoms with E-state index in [0.29, 0.717) is 5.56 Å². The molecule has 0 aliphatic heterocycles. The zero-order chi connectivity index (χ0) is 19.3. The third-order valence-corrected chi connectivity index (χ3v) is 4.96. The SMILES string of the molecule is Cc1ccc(S(=O)(=O)O[n+]2ccc(C(=O)OCc3ccccc3)cc2)cc1. The molecule has 27 heavy (non-hydrogen) atoms. The fourth-order valence-electron chi connectivity index (χ4n) is 2.27. The van der Waals surface area contributed by atoms with E-state index in [1.165, 1.54) is 36.7 Å². The molecule has 1 heterocycles. The molecule has 0 radical (unpaired) electrons. The van der Waals surface area contributed by atoms with Crippen LogP contribution in [0.25, 0.3) is 0 Å². The maximum absolute atomic E-state index is 12.3. The summed E-state index contributed by atoms with van der Waals surface area (Å²) in [5, 5.41) is 0. The normalized spacial score (nSPS) is 11.0. The lowest BCUT2D eigenvalue weighted by Gasteiger charge is -2.04. The molecule has 0 bridgehead atoms. The van der Waals surface area contributed by atoms with Crippen molar-refractivity contribution in [3.8, 4) is 0 Å². The van der Waals surface area contributed by atoms with Crippen LogP contribution in [0.1, 0.15) is 21.5 Å². The summed E-state index contributed by atoms with van der Waals surface area (Å²) in [5.41, 5.74) is 2.11. The van der Waals surface area contributed by atoms with Crippen LogP contribution in [0, 0.1) is 6.92 Å². The molecule has 6 nitrogen and oxygen atoms in total. The molecule has 0 amide bonds. The Kier molecular flexibility index (Phi) is 5.52.